The monoisotopic (exact) mass is 341 g/mol. The summed E-state index contributed by atoms with van der Waals surface area (Å²) in [6.45, 7) is 1.49. The molecule has 0 spiro atoms. The number of ether oxygens (including phenoxy) is 2. The Morgan fingerprint density at radius 1 is 1.21 bits per heavy atom. The molecule has 1 rings (SSSR count). The molecule has 0 saturated heterocycles. The number of rotatable bonds is 10. The molecule has 0 aliphatic heterocycles. The number of methoxy groups -OCH3 is 1. The fourth-order valence-corrected chi connectivity index (χ4v) is 2.23. The van der Waals surface area contributed by atoms with E-state index >= 15 is 0 Å². The van der Waals surface area contributed by atoms with E-state index in [4.69, 9.17) is 14.6 Å². The maximum absolute atomic E-state index is 12.0. The van der Waals surface area contributed by atoms with Crippen molar-refractivity contribution in [2.24, 2.45) is 5.92 Å². The van der Waals surface area contributed by atoms with Gasteiger partial charge in [0.15, 0.2) is 6.10 Å². The van der Waals surface area contributed by atoms with Gasteiger partial charge in [0.2, 0.25) is 0 Å². The van der Waals surface area contributed by atoms with Gasteiger partial charge in [0.05, 0.1) is 13.0 Å². The number of hydrogen-bond acceptors (Lipinski definition) is 5. The van der Waals surface area contributed by atoms with E-state index in [-0.39, 0.29) is 27.7 Å². The molecular weight excluding hydrogens is 312 g/mol. The predicted octanol–water partition coefficient (Wildman–Crippen LogP) is 3.26. The Morgan fingerprint density at radius 2 is 1.83 bits per heavy atom. The van der Waals surface area contributed by atoms with Crippen molar-refractivity contribution in [2.45, 2.75) is 39.7 Å². The van der Waals surface area contributed by atoms with Crippen LogP contribution >= 0.6 is 0 Å². The Hall–Kier alpha value is -2.21. The van der Waals surface area contributed by atoms with Crippen LogP contribution in [0.3, 0.4) is 0 Å². The highest BCUT2D eigenvalue weighted by atomic mass is 16.6. The van der Waals surface area contributed by atoms with Gasteiger partial charge in [-0.2, -0.15) is 0 Å². The number of Topliss-reactive ketones (excluding diaryl/α,β-unsaturated/α-hetero) is 1. The molecule has 1 aromatic rings. The van der Waals surface area contributed by atoms with E-state index in [1.54, 1.807) is 24.3 Å². The van der Waals surface area contributed by atoms with Gasteiger partial charge in [0, 0.05) is 14.5 Å². The molecule has 0 saturated carbocycles. The van der Waals surface area contributed by atoms with E-state index in [1.165, 1.54) is 14.0 Å². The molecule has 2 unspecified atom stereocenters. The van der Waals surface area contributed by atoms with Crippen molar-refractivity contribution in [3.8, 4) is 0 Å². The number of esters is 1. The van der Waals surface area contributed by atoms with Gasteiger partial charge in [-0.3, -0.25) is 9.59 Å². The van der Waals surface area contributed by atoms with E-state index in [0.717, 1.165) is 0 Å². The number of ketones is 1. The fourth-order valence-electron chi connectivity index (χ4n) is 2.23. The number of benzene rings is 1. The molecule has 0 aromatic heterocycles. The van der Waals surface area contributed by atoms with Crippen LogP contribution in [-0.4, -0.2) is 36.5 Å². The number of carboxylic acids is 1. The second-order valence-corrected chi connectivity index (χ2v) is 5.24. The summed E-state index contributed by atoms with van der Waals surface area (Å²) in [5.74, 6) is -2.22. The van der Waals surface area contributed by atoms with Crippen molar-refractivity contribution in [1.82, 2.24) is 0 Å². The van der Waals surface area contributed by atoms with Gasteiger partial charge in [-0.05, 0) is 25.3 Å². The summed E-state index contributed by atoms with van der Waals surface area (Å²) in [4.78, 5) is 34.1. The Labute approximate surface area is 144 Å². The van der Waals surface area contributed by atoms with E-state index in [1.807, 2.05) is 6.07 Å². The third-order valence-electron chi connectivity index (χ3n) is 3.49. The largest absolute Gasteiger partial charge is 0.481 e. The molecule has 0 fully saturated rings. The van der Waals surface area contributed by atoms with E-state index in [9.17, 15) is 14.4 Å². The minimum absolute atomic E-state index is 0. The van der Waals surface area contributed by atoms with Crippen molar-refractivity contribution in [2.75, 3.05) is 13.7 Å². The smallest absolute Gasteiger partial charge is 0.339 e. The minimum Gasteiger partial charge on any atom is -0.481 e. The lowest BCUT2D eigenvalue weighted by Gasteiger charge is -2.15. The van der Waals surface area contributed by atoms with Gasteiger partial charge in [0.1, 0.15) is 5.78 Å². The number of hydrogen-bond donors (Lipinski definition) is 1. The highest BCUT2D eigenvalue weighted by Gasteiger charge is 2.22. The number of carbonyl (C=O) groups is 3. The molecule has 6 heteroatoms. The van der Waals surface area contributed by atoms with Gasteiger partial charge < -0.3 is 14.6 Å². The lowest BCUT2D eigenvalue weighted by molar-refractivity contribution is -0.156. The molecule has 24 heavy (non-hydrogen) atoms. The highest BCUT2D eigenvalue weighted by Crippen LogP contribution is 2.18. The van der Waals surface area contributed by atoms with Crippen LogP contribution < -0.4 is 0 Å². The summed E-state index contributed by atoms with van der Waals surface area (Å²) in [7, 11) is 1.43. The first-order valence-electron chi connectivity index (χ1n) is 7.42. The Morgan fingerprint density at radius 3 is 2.33 bits per heavy atom. The van der Waals surface area contributed by atoms with Crippen LogP contribution in [0.2, 0.25) is 0 Å². The third-order valence-corrected chi connectivity index (χ3v) is 3.49. The molecule has 2 atom stereocenters. The predicted molar refractivity (Wildman–Crippen MR) is 91.7 cm³/mol. The molecule has 0 aliphatic carbocycles. The second-order valence-electron chi connectivity index (χ2n) is 5.24. The van der Waals surface area contributed by atoms with Gasteiger partial charge in [-0.25, -0.2) is 4.79 Å². The highest BCUT2D eigenvalue weighted by molar-refractivity contribution is 5.82. The SMILES string of the molecule is C.COC(C(=O)OCCCC(CC(=O)O)C(C)=O)c1ccccc1.[2HH]. The first kappa shape index (κ1) is 21.8. The molecule has 0 bridgehead atoms. The lowest BCUT2D eigenvalue weighted by Crippen LogP contribution is -2.20. The first-order valence-corrected chi connectivity index (χ1v) is 7.42. The Kier molecular flexibility index (Phi) is 10.3. The molecular formula is C18H28O6. The molecule has 6 nitrogen and oxygen atoms in total. The standard InChI is InChI=1S/C17H22O6.CH4.H2/c1-12(18)14(11-15(19)20)9-6-10-23-17(21)16(22-2)13-7-4-3-5-8-13;;/h3-5,7-8,14,16H,6,9-11H2,1-2H3,(H,19,20);1H4;1H/i;;1+1. The van der Waals surface area contributed by atoms with Crippen LogP contribution in [0, 0.1) is 5.92 Å². The zero-order chi connectivity index (χ0) is 17.2. The Balaban J connectivity index is 0. The van der Waals surface area contributed by atoms with Crippen molar-refractivity contribution < 1.29 is 30.4 Å². The third kappa shape index (κ3) is 7.37. The fraction of sp³-hybridized carbons (Fsp3) is 0.500. The average molecular weight is 341 g/mol. The molecule has 0 aliphatic rings. The first-order chi connectivity index (χ1) is 11.0. The molecule has 1 N–H and O–H groups in total. The van der Waals surface area contributed by atoms with Crippen LogP contribution in [0.4, 0.5) is 0 Å². The summed E-state index contributed by atoms with van der Waals surface area (Å²) in [6, 6.07) is 8.99. The maximum atomic E-state index is 12.0. The van der Waals surface area contributed by atoms with Gasteiger partial charge in [0.25, 0.3) is 0 Å². The number of carboxylic acid groups (broad SMARTS) is 1. The zero-order valence-corrected chi connectivity index (χ0v) is 13.4. The average Bonchev–Trinajstić information content (AvgIpc) is 2.51. The minimum atomic E-state index is -1.01. The summed E-state index contributed by atoms with van der Waals surface area (Å²) in [5.41, 5.74) is 0.701. The topological polar surface area (TPSA) is 89.9 Å². The summed E-state index contributed by atoms with van der Waals surface area (Å²) in [6.07, 6.45) is -0.195. The van der Waals surface area contributed by atoms with E-state index in [2.05, 4.69) is 0 Å². The van der Waals surface area contributed by atoms with Gasteiger partial charge >= 0.3 is 11.9 Å². The normalized spacial score (nSPS) is 12.6. The number of carbonyl (C=O) groups excluding carboxylic acids is 2. The summed E-state index contributed by atoms with van der Waals surface area (Å²) in [5, 5.41) is 8.75. The van der Waals surface area contributed by atoms with Crippen molar-refractivity contribution in [3.05, 3.63) is 35.9 Å². The quantitative estimate of drug-likeness (QED) is 0.519. The van der Waals surface area contributed by atoms with Crippen molar-refractivity contribution >= 4 is 17.7 Å². The van der Waals surface area contributed by atoms with Crippen LogP contribution in [0.15, 0.2) is 30.3 Å². The number of aliphatic carboxylic acids is 1. The lowest BCUT2D eigenvalue weighted by atomic mass is 9.96. The second kappa shape index (κ2) is 11.3. The summed E-state index contributed by atoms with van der Waals surface area (Å²) < 4.78 is 10.3. The summed E-state index contributed by atoms with van der Waals surface area (Å²) >= 11 is 0. The molecule has 136 valence electrons. The molecule has 0 amide bonds. The molecule has 0 radical (unpaired) electrons. The molecule has 1 aromatic carbocycles. The maximum Gasteiger partial charge on any atom is 0.339 e. The van der Waals surface area contributed by atoms with Crippen molar-refractivity contribution in [3.63, 3.8) is 0 Å². The van der Waals surface area contributed by atoms with Crippen LogP contribution in [0.25, 0.3) is 0 Å². The van der Waals surface area contributed by atoms with Crippen LogP contribution in [0.5, 0.6) is 0 Å². The molecule has 0 heterocycles. The van der Waals surface area contributed by atoms with Gasteiger partial charge in [-0.15, -0.1) is 0 Å². The van der Waals surface area contributed by atoms with Gasteiger partial charge in [-0.1, -0.05) is 37.8 Å². The Bertz CT molecular complexity index is 532. The van der Waals surface area contributed by atoms with Crippen LogP contribution in [-0.2, 0) is 23.9 Å². The van der Waals surface area contributed by atoms with E-state index < -0.39 is 24.0 Å². The van der Waals surface area contributed by atoms with E-state index in [0.29, 0.717) is 18.4 Å². The zero-order valence-electron chi connectivity index (χ0n) is 13.4. The van der Waals surface area contributed by atoms with Crippen molar-refractivity contribution in [1.29, 1.82) is 0 Å². The van der Waals surface area contributed by atoms with Crippen LogP contribution in [0.1, 0.15) is 46.7 Å².